The van der Waals surface area contributed by atoms with Gasteiger partial charge in [-0.3, -0.25) is 19.2 Å². The minimum atomic E-state index is -0.594. The zero-order valence-electron chi connectivity index (χ0n) is 21.2. The Balaban J connectivity index is 1.05. The third-order valence-corrected chi connectivity index (χ3v) is 9.13. The Morgan fingerprint density at radius 3 is 2.13 bits per heavy atom. The van der Waals surface area contributed by atoms with Gasteiger partial charge >= 0.3 is 5.97 Å². The Hall–Kier alpha value is -3.94. The molecule has 0 N–H and O–H groups in total. The molecule has 4 fully saturated rings. The summed E-state index contributed by atoms with van der Waals surface area (Å²) in [5.74, 6) is 0.497. The van der Waals surface area contributed by atoms with E-state index in [0.29, 0.717) is 40.3 Å². The molecular weight excluding hydrogens is 484 g/mol. The number of amides is 3. The summed E-state index contributed by atoms with van der Waals surface area (Å²) < 4.78 is 10.8. The number of hydrogen-bond donors (Lipinski definition) is 0. The highest BCUT2D eigenvalue weighted by molar-refractivity contribution is 6.23. The number of esters is 1. The summed E-state index contributed by atoms with van der Waals surface area (Å²) in [7, 11) is 1.58. The van der Waals surface area contributed by atoms with Gasteiger partial charge in [-0.15, -0.1) is 0 Å². The number of allylic oxidation sites excluding steroid dienone is 2. The molecule has 2 saturated carbocycles. The van der Waals surface area contributed by atoms with Gasteiger partial charge < -0.3 is 14.4 Å². The Kier molecular flexibility index (Phi) is 5.05. The van der Waals surface area contributed by atoms with Crippen LogP contribution in [0.3, 0.4) is 0 Å². The summed E-state index contributed by atoms with van der Waals surface area (Å²) >= 11 is 0. The van der Waals surface area contributed by atoms with Crippen LogP contribution in [-0.2, 0) is 19.2 Å². The van der Waals surface area contributed by atoms with Crippen LogP contribution in [0.25, 0.3) is 0 Å². The molecule has 2 aromatic carbocycles. The Labute approximate surface area is 220 Å². The SMILES string of the molecule is COc1ccc(N2C[C@H](C(=O)Oc3ccc(N4C(=O)[C@@H]5[C@H]6C=C[C@@H]([C@@H]7C[C@@H]67)[C@H]5C4=O)c(C)c3)CC2=O)cc1. The zero-order valence-corrected chi connectivity index (χ0v) is 21.2. The normalized spacial score (nSPS) is 32.5. The van der Waals surface area contributed by atoms with Crippen molar-refractivity contribution < 1.29 is 28.7 Å². The van der Waals surface area contributed by atoms with E-state index >= 15 is 0 Å². The quantitative estimate of drug-likeness (QED) is 0.263. The topological polar surface area (TPSA) is 93.2 Å². The minimum Gasteiger partial charge on any atom is -0.497 e. The van der Waals surface area contributed by atoms with Crippen LogP contribution in [0.4, 0.5) is 11.4 Å². The highest BCUT2D eigenvalue weighted by atomic mass is 16.5. The first-order valence-corrected chi connectivity index (χ1v) is 13.2. The average Bonchev–Trinajstić information content (AvgIpc) is 3.60. The maximum atomic E-state index is 13.5. The van der Waals surface area contributed by atoms with E-state index in [9.17, 15) is 19.2 Å². The first-order valence-electron chi connectivity index (χ1n) is 13.2. The van der Waals surface area contributed by atoms with Crippen LogP contribution in [0.1, 0.15) is 18.4 Å². The van der Waals surface area contributed by atoms with Gasteiger partial charge in [0.15, 0.2) is 0 Å². The third kappa shape index (κ3) is 3.35. The van der Waals surface area contributed by atoms with E-state index in [2.05, 4.69) is 12.2 Å². The van der Waals surface area contributed by atoms with Crippen molar-refractivity contribution in [3.05, 3.63) is 60.2 Å². The largest absolute Gasteiger partial charge is 0.497 e. The monoisotopic (exact) mass is 512 g/mol. The van der Waals surface area contributed by atoms with Crippen molar-refractivity contribution in [2.75, 3.05) is 23.5 Å². The highest BCUT2D eigenvalue weighted by Crippen LogP contribution is 2.65. The number of imide groups is 1. The molecule has 2 heterocycles. The van der Waals surface area contributed by atoms with Gasteiger partial charge in [-0.25, -0.2) is 4.90 Å². The van der Waals surface area contributed by atoms with Crippen LogP contribution in [0, 0.1) is 48.3 Å². The molecule has 4 aliphatic carbocycles. The van der Waals surface area contributed by atoms with Gasteiger partial charge in [0.2, 0.25) is 17.7 Å². The van der Waals surface area contributed by atoms with E-state index in [1.807, 2.05) is 6.92 Å². The number of carbonyl (C=O) groups is 4. The maximum absolute atomic E-state index is 13.5. The van der Waals surface area contributed by atoms with E-state index in [0.717, 1.165) is 6.42 Å². The molecule has 7 atom stereocenters. The molecule has 0 unspecified atom stereocenters. The number of nitrogens with zero attached hydrogens (tertiary/aromatic N) is 2. The van der Waals surface area contributed by atoms with Crippen molar-refractivity contribution in [2.45, 2.75) is 19.8 Å². The predicted molar refractivity (Wildman–Crippen MR) is 137 cm³/mol. The van der Waals surface area contributed by atoms with E-state index in [1.54, 1.807) is 54.5 Å². The number of hydrogen-bond acceptors (Lipinski definition) is 6. The summed E-state index contributed by atoms with van der Waals surface area (Å²) in [5, 5.41) is 0. The molecule has 0 radical (unpaired) electrons. The number of rotatable bonds is 5. The zero-order chi connectivity index (χ0) is 26.3. The van der Waals surface area contributed by atoms with Crippen LogP contribution in [0.15, 0.2) is 54.6 Å². The van der Waals surface area contributed by atoms with Crippen LogP contribution in [-0.4, -0.2) is 37.3 Å². The molecule has 6 aliphatic rings. The van der Waals surface area contributed by atoms with Gasteiger partial charge in [-0.1, -0.05) is 12.2 Å². The van der Waals surface area contributed by atoms with Crippen LogP contribution in [0.2, 0.25) is 0 Å². The Bertz CT molecular complexity index is 1380. The van der Waals surface area contributed by atoms with Gasteiger partial charge in [0.05, 0.1) is 30.6 Å². The standard InChI is InChI=1S/C30H28N2O6/c1-15-11-19(38-30(36)16-12-25(33)31(14-16)17-3-5-18(37-2)6-4-17)7-10-24(15)32-28(34)26-20-8-9-21(23-13-22(20)23)27(26)29(32)35/h3-11,16,20-23,26-27H,12-14H2,1-2H3/t16-,20+,21+,22+,23+,26-,27-/m1/s1. The second-order valence-corrected chi connectivity index (χ2v) is 11.1. The summed E-state index contributed by atoms with van der Waals surface area (Å²) in [5.41, 5.74) is 1.93. The van der Waals surface area contributed by atoms with E-state index in [4.69, 9.17) is 9.47 Å². The molecule has 8 rings (SSSR count). The second kappa shape index (κ2) is 8.28. The summed E-state index contributed by atoms with van der Waals surface area (Å²) in [6.07, 6.45) is 5.51. The smallest absolute Gasteiger partial charge is 0.316 e. The van der Waals surface area contributed by atoms with E-state index < -0.39 is 11.9 Å². The van der Waals surface area contributed by atoms with E-state index in [-0.39, 0.29) is 54.4 Å². The lowest BCUT2D eigenvalue weighted by atomic mass is 9.63. The van der Waals surface area contributed by atoms with Crippen LogP contribution < -0.4 is 19.3 Å². The van der Waals surface area contributed by atoms with Gasteiger partial charge in [0, 0.05) is 18.7 Å². The summed E-state index contributed by atoms with van der Waals surface area (Å²) in [6.45, 7) is 2.04. The van der Waals surface area contributed by atoms with Crippen LogP contribution >= 0.6 is 0 Å². The fourth-order valence-electron chi connectivity index (χ4n) is 7.21. The fraction of sp³-hybridized carbons (Fsp3) is 0.400. The molecular formula is C30H28N2O6. The molecule has 2 saturated heterocycles. The first-order chi connectivity index (χ1) is 18.4. The predicted octanol–water partition coefficient (Wildman–Crippen LogP) is 3.52. The summed E-state index contributed by atoms with van der Waals surface area (Å²) in [4.78, 5) is 55.4. The minimum absolute atomic E-state index is 0.0693. The highest BCUT2D eigenvalue weighted by Gasteiger charge is 2.67. The Morgan fingerprint density at radius 1 is 0.895 bits per heavy atom. The van der Waals surface area contributed by atoms with Crippen molar-refractivity contribution in [2.24, 2.45) is 41.4 Å². The molecule has 38 heavy (non-hydrogen) atoms. The van der Waals surface area contributed by atoms with Gasteiger partial charge in [-0.2, -0.15) is 0 Å². The maximum Gasteiger partial charge on any atom is 0.316 e. The van der Waals surface area contributed by atoms with Gasteiger partial charge in [-0.05, 0) is 85.0 Å². The molecule has 0 aromatic heterocycles. The average molecular weight is 513 g/mol. The van der Waals surface area contributed by atoms with Crippen molar-refractivity contribution in [3.8, 4) is 11.5 Å². The van der Waals surface area contributed by atoms with Crippen molar-refractivity contribution in [3.63, 3.8) is 0 Å². The third-order valence-electron chi connectivity index (χ3n) is 9.13. The lowest BCUT2D eigenvalue weighted by Crippen LogP contribution is -2.40. The molecule has 8 heteroatoms. The van der Waals surface area contributed by atoms with Crippen molar-refractivity contribution >= 4 is 35.1 Å². The van der Waals surface area contributed by atoms with Gasteiger partial charge in [0.1, 0.15) is 11.5 Å². The lowest BCUT2D eigenvalue weighted by Gasteiger charge is -2.37. The van der Waals surface area contributed by atoms with Crippen LogP contribution in [0.5, 0.6) is 11.5 Å². The molecule has 2 aromatic rings. The number of benzene rings is 2. The number of ether oxygens (including phenoxy) is 2. The number of aryl methyl sites for hydroxylation is 1. The molecule has 2 bridgehead atoms. The van der Waals surface area contributed by atoms with Crippen molar-refractivity contribution in [1.82, 2.24) is 0 Å². The molecule has 194 valence electrons. The second-order valence-electron chi connectivity index (χ2n) is 11.1. The number of methoxy groups -OCH3 is 1. The van der Waals surface area contributed by atoms with E-state index in [1.165, 1.54) is 4.90 Å². The number of carbonyl (C=O) groups excluding carboxylic acids is 4. The molecule has 2 aliphatic heterocycles. The summed E-state index contributed by atoms with van der Waals surface area (Å²) in [6, 6.07) is 12.1. The molecule has 3 amide bonds. The fourth-order valence-corrected chi connectivity index (χ4v) is 7.21. The lowest BCUT2D eigenvalue weighted by molar-refractivity contribution is -0.139. The van der Waals surface area contributed by atoms with Gasteiger partial charge in [0.25, 0.3) is 0 Å². The Morgan fingerprint density at radius 2 is 1.53 bits per heavy atom. The number of anilines is 2. The first kappa shape index (κ1) is 23.2. The molecule has 0 spiro atoms. The molecule has 8 nitrogen and oxygen atoms in total. The van der Waals surface area contributed by atoms with Crippen molar-refractivity contribution in [1.29, 1.82) is 0 Å².